The molecule has 7 nitrogen and oxygen atoms in total. The van der Waals surface area contributed by atoms with E-state index in [2.05, 4.69) is 16.6 Å². The third kappa shape index (κ3) is 4.56. The number of esters is 1. The van der Waals surface area contributed by atoms with Crippen molar-refractivity contribution >= 4 is 23.4 Å². The maximum Gasteiger partial charge on any atom is 0.338 e. The second-order valence-electron chi connectivity index (χ2n) is 7.25. The minimum absolute atomic E-state index is 0.221. The summed E-state index contributed by atoms with van der Waals surface area (Å²) in [5.74, 6) is 0.182. The van der Waals surface area contributed by atoms with Gasteiger partial charge in [-0.15, -0.1) is 0 Å². The van der Waals surface area contributed by atoms with E-state index in [4.69, 9.17) is 9.47 Å². The number of rotatable bonds is 7. The zero-order chi connectivity index (χ0) is 23.4. The smallest absolute Gasteiger partial charge is 0.338 e. The number of hydrogen-bond acceptors (Lipinski definition) is 7. The van der Waals surface area contributed by atoms with Crippen molar-refractivity contribution in [3.8, 4) is 5.75 Å². The average molecular weight is 462 g/mol. The van der Waals surface area contributed by atoms with Crippen LogP contribution in [0.4, 0.5) is 0 Å². The third-order valence-corrected chi connectivity index (χ3v) is 6.07. The molecule has 1 atom stereocenters. The Morgan fingerprint density at radius 3 is 2.61 bits per heavy atom. The lowest BCUT2D eigenvalue weighted by atomic mass is 9.96. The topological polar surface area (TPSA) is 82.8 Å². The lowest BCUT2D eigenvalue weighted by molar-refractivity contribution is -0.139. The second-order valence-corrected chi connectivity index (χ2v) is 8.26. The van der Waals surface area contributed by atoms with Crippen LogP contribution in [-0.2, 0) is 9.53 Å². The molecule has 3 aromatic rings. The Kier molecular flexibility index (Phi) is 6.65. The highest BCUT2D eigenvalue weighted by atomic mass is 32.1. The highest BCUT2D eigenvalue weighted by Gasteiger charge is 2.33. The molecule has 0 fully saturated rings. The van der Waals surface area contributed by atoms with Crippen LogP contribution in [0.5, 0.6) is 5.75 Å². The van der Waals surface area contributed by atoms with Gasteiger partial charge in [0.05, 0.1) is 28.5 Å². The summed E-state index contributed by atoms with van der Waals surface area (Å²) in [7, 11) is 0. The van der Waals surface area contributed by atoms with Gasteiger partial charge in [-0.05, 0) is 55.3 Å². The number of carbonyl (C=O) groups is 1. The molecule has 0 spiro atoms. The first-order chi connectivity index (χ1) is 16.0. The Morgan fingerprint density at radius 1 is 1.21 bits per heavy atom. The van der Waals surface area contributed by atoms with Crippen LogP contribution in [0.2, 0.25) is 0 Å². The molecule has 0 amide bonds. The Balaban J connectivity index is 1.89. The van der Waals surface area contributed by atoms with Gasteiger partial charge in [-0.1, -0.05) is 36.1 Å². The van der Waals surface area contributed by atoms with Gasteiger partial charge in [0.2, 0.25) is 0 Å². The molecule has 0 aliphatic carbocycles. The molecule has 33 heavy (non-hydrogen) atoms. The number of hydrogen-bond donors (Lipinski definition) is 0. The summed E-state index contributed by atoms with van der Waals surface area (Å²) in [6.45, 7) is 7.78. The Labute approximate surface area is 194 Å². The molecule has 2 aromatic heterocycles. The van der Waals surface area contributed by atoms with Gasteiger partial charge in [-0.2, -0.15) is 0 Å². The van der Waals surface area contributed by atoms with Crippen LogP contribution in [0.3, 0.4) is 0 Å². The first-order valence-corrected chi connectivity index (χ1v) is 11.3. The second kappa shape index (κ2) is 9.79. The SMILES string of the molecule is C=CCOc1ccc([C@@H]2C(C(=O)OCC)=C(C)N=c3s/c(=C\c4ccncc4)c(=O)n32)cc1. The average Bonchev–Trinajstić information content (AvgIpc) is 3.12. The van der Waals surface area contributed by atoms with Crippen molar-refractivity contribution in [1.82, 2.24) is 9.55 Å². The van der Waals surface area contributed by atoms with Crippen LogP contribution >= 0.6 is 11.3 Å². The van der Waals surface area contributed by atoms with Crippen LogP contribution in [0, 0.1) is 0 Å². The Hall–Kier alpha value is -3.78. The zero-order valence-electron chi connectivity index (χ0n) is 18.4. The van der Waals surface area contributed by atoms with E-state index in [9.17, 15) is 9.59 Å². The standard InChI is InChI=1S/C25H23N3O4S/c1-4-14-32-19-8-6-18(7-9-19)22-21(24(30)31-5-2)16(3)27-25-28(22)23(29)20(33-25)15-17-10-12-26-13-11-17/h4,6-13,15,22H,1,5,14H2,2-3H3/b20-15-/t22-/m1/s1. The molecule has 1 aliphatic heterocycles. The first-order valence-electron chi connectivity index (χ1n) is 10.5. The third-order valence-electron chi connectivity index (χ3n) is 5.08. The van der Waals surface area contributed by atoms with Gasteiger partial charge in [0.15, 0.2) is 4.80 Å². The summed E-state index contributed by atoms with van der Waals surface area (Å²) in [6, 6.07) is 10.3. The van der Waals surface area contributed by atoms with Gasteiger partial charge in [-0.3, -0.25) is 14.3 Å². The molecule has 1 aliphatic rings. The summed E-state index contributed by atoms with van der Waals surface area (Å²) in [6.07, 6.45) is 6.81. The van der Waals surface area contributed by atoms with Crippen molar-refractivity contribution < 1.29 is 14.3 Å². The number of nitrogens with zero attached hydrogens (tertiary/aromatic N) is 3. The van der Waals surface area contributed by atoms with E-state index in [1.165, 1.54) is 11.3 Å². The lowest BCUT2D eigenvalue weighted by Gasteiger charge is -2.24. The largest absolute Gasteiger partial charge is 0.490 e. The number of allylic oxidation sites excluding steroid dienone is 1. The summed E-state index contributed by atoms with van der Waals surface area (Å²) >= 11 is 1.29. The van der Waals surface area contributed by atoms with Crippen LogP contribution < -0.4 is 19.6 Å². The highest BCUT2D eigenvalue weighted by Crippen LogP contribution is 2.31. The predicted octanol–water partition coefficient (Wildman–Crippen LogP) is 2.76. The van der Waals surface area contributed by atoms with Gasteiger partial charge in [0.1, 0.15) is 12.4 Å². The van der Waals surface area contributed by atoms with E-state index >= 15 is 0 Å². The molecule has 0 bridgehead atoms. The van der Waals surface area contributed by atoms with E-state index in [1.807, 2.05) is 36.4 Å². The van der Waals surface area contributed by atoms with E-state index < -0.39 is 12.0 Å². The van der Waals surface area contributed by atoms with Crippen LogP contribution in [0.15, 0.2) is 82.5 Å². The summed E-state index contributed by atoms with van der Waals surface area (Å²) in [5, 5.41) is 0. The normalized spacial score (nSPS) is 15.6. The van der Waals surface area contributed by atoms with Gasteiger partial charge in [0, 0.05) is 12.4 Å². The number of ether oxygens (including phenoxy) is 2. The molecule has 168 valence electrons. The maximum absolute atomic E-state index is 13.5. The van der Waals surface area contributed by atoms with Gasteiger partial charge in [-0.25, -0.2) is 9.79 Å². The molecule has 0 unspecified atom stereocenters. The first kappa shape index (κ1) is 22.4. The molecule has 0 saturated carbocycles. The number of thiazole rings is 1. The minimum Gasteiger partial charge on any atom is -0.490 e. The molecule has 0 saturated heterocycles. The summed E-state index contributed by atoms with van der Waals surface area (Å²) < 4.78 is 13.0. The number of benzene rings is 1. The van der Waals surface area contributed by atoms with Crippen molar-refractivity contribution in [3.63, 3.8) is 0 Å². The van der Waals surface area contributed by atoms with Crippen LogP contribution in [-0.4, -0.2) is 28.7 Å². The number of fused-ring (bicyclic) bond motifs is 1. The molecule has 3 heterocycles. The zero-order valence-corrected chi connectivity index (χ0v) is 19.2. The van der Waals surface area contributed by atoms with Gasteiger partial charge >= 0.3 is 5.97 Å². The minimum atomic E-state index is -0.659. The molecule has 8 heteroatoms. The van der Waals surface area contributed by atoms with Crippen LogP contribution in [0.25, 0.3) is 6.08 Å². The molecule has 1 aromatic carbocycles. The lowest BCUT2D eigenvalue weighted by Crippen LogP contribution is -2.39. The maximum atomic E-state index is 13.5. The van der Waals surface area contributed by atoms with Gasteiger partial charge in [0.25, 0.3) is 5.56 Å². The quantitative estimate of drug-likeness (QED) is 0.399. The van der Waals surface area contributed by atoms with Gasteiger partial charge < -0.3 is 9.47 Å². The number of pyridine rings is 1. The van der Waals surface area contributed by atoms with Crippen molar-refractivity contribution in [3.05, 3.63) is 104 Å². The molecule has 0 radical (unpaired) electrons. The Bertz CT molecular complexity index is 1390. The molecular formula is C25H23N3O4S. The van der Waals surface area contributed by atoms with E-state index in [0.717, 1.165) is 11.1 Å². The fraction of sp³-hybridized carbons (Fsp3) is 0.200. The van der Waals surface area contributed by atoms with Crippen molar-refractivity contribution in [2.75, 3.05) is 13.2 Å². The van der Waals surface area contributed by atoms with E-state index in [0.29, 0.717) is 33.0 Å². The van der Waals surface area contributed by atoms with Crippen molar-refractivity contribution in [2.45, 2.75) is 19.9 Å². The molecule has 0 N–H and O–H groups in total. The fourth-order valence-corrected chi connectivity index (χ4v) is 4.67. The predicted molar refractivity (Wildman–Crippen MR) is 127 cm³/mol. The summed E-state index contributed by atoms with van der Waals surface area (Å²) in [4.78, 5) is 35.5. The summed E-state index contributed by atoms with van der Waals surface area (Å²) in [5.41, 5.74) is 2.27. The highest BCUT2D eigenvalue weighted by molar-refractivity contribution is 7.07. The Morgan fingerprint density at radius 2 is 1.94 bits per heavy atom. The molecular weight excluding hydrogens is 438 g/mol. The van der Waals surface area contributed by atoms with E-state index in [1.54, 1.807) is 43.0 Å². The molecule has 4 rings (SSSR count). The van der Waals surface area contributed by atoms with Crippen molar-refractivity contribution in [2.24, 2.45) is 4.99 Å². The van der Waals surface area contributed by atoms with E-state index in [-0.39, 0.29) is 12.2 Å². The van der Waals surface area contributed by atoms with Crippen molar-refractivity contribution in [1.29, 1.82) is 0 Å². The number of carbonyl (C=O) groups excluding carboxylic acids is 1. The number of aromatic nitrogens is 2. The fourth-order valence-electron chi connectivity index (χ4n) is 3.62. The van der Waals surface area contributed by atoms with Crippen LogP contribution in [0.1, 0.15) is 31.0 Å². The monoisotopic (exact) mass is 461 g/mol.